The highest BCUT2D eigenvalue weighted by Gasteiger charge is 2.12. The standard InChI is InChI=1S/C24H21N5O/c1-17-9-12-29-15-22(26-23(29)13-17)20-5-3-18(4-6-20)16-30-24-21(14-28(2)27-24)19-7-10-25-11-8-19/h3-15H,16H2,1-2H3. The van der Waals surface area contributed by atoms with Gasteiger partial charge in [-0.2, -0.15) is 0 Å². The molecule has 4 aromatic heterocycles. The van der Waals surface area contributed by atoms with E-state index in [9.17, 15) is 0 Å². The summed E-state index contributed by atoms with van der Waals surface area (Å²) < 4.78 is 9.84. The number of hydrogen-bond donors (Lipinski definition) is 0. The van der Waals surface area contributed by atoms with Gasteiger partial charge in [0.15, 0.2) is 0 Å². The maximum atomic E-state index is 6.03. The van der Waals surface area contributed by atoms with Gasteiger partial charge < -0.3 is 9.14 Å². The van der Waals surface area contributed by atoms with Crippen molar-refractivity contribution in [3.05, 3.63) is 90.6 Å². The molecule has 148 valence electrons. The fourth-order valence-corrected chi connectivity index (χ4v) is 3.45. The van der Waals surface area contributed by atoms with Crippen LogP contribution < -0.4 is 4.74 Å². The summed E-state index contributed by atoms with van der Waals surface area (Å²) in [5.74, 6) is 0.614. The van der Waals surface area contributed by atoms with Crippen LogP contribution in [-0.2, 0) is 13.7 Å². The van der Waals surface area contributed by atoms with Gasteiger partial charge in [-0.3, -0.25) is 9.67 Å². The number of nitrogens with zero attached hydrogens (tertiary/aromatic N) is 5. The molecular formula is C24H21N5O. The van der Waals surface area contributed by atoms with Crippen molar-refractivity contribution in [2.75, 3.05) is 0 Å². The molecule has 0 spiro atoms. The van der Waals surface area contributed by atoms with Crippen molar-refractivity contribution >= 4 is 5.65 Å². The van der Waals surface area contributed by atoms with Crippen molar-refractivity contribution in [3.8, 4) is 28.3 Å². The van der Waals surface area contributed by atoms with Crippen molar-refractivity contribution in [3.63, 3.8) is 0 Å². The van der Waals surface area contributed by atoms with Crippen LogP contribution in [0.4, 0.5) is 0 Å². The number of rotatable bonds is 5. The predicted octanol–water partition coefficient (Wildman–Crippen LogP) is 4.68. The Bertz CT molecular complexity index is 1300. The van der Waals surface area contributed by atoms with Crippen LogP contribution in [0, 0.1) is 6.92 Å². The first-order valence-corrected chi connectivity index (χ1v) is 9.77. The van der Waals surface area contributed by atoms with Crippen LogP contribution in [0.3, 0.4) is 0 Å². The molecule has 0 unspecified atom stereocenters. The molecule has 6 nitrogen and oxygen atoms in total. The number of aromatic nitrogens is 5. The normalized spacial score (nSPS) is 11.1. The second-order valence-corrected chi connectivity index (χ2v) is 7.34. The summed E-state index contributed by atoms with van der Waals surface area (Å²) in [6.45, 7) is 2.52. The quantitative estimate of drug-likeness (QED) is 0.433. The van der Waals surface area contributed by atoms with Gasteiger partial charge in [-0.05, 0) is 47.9 Å². The van der Waals surface area contributed by atoms with E-state index in [1.807, 2.05) is 36.0 Å². The zero-order chi connectivity index (χ0) is 20.5. The predicted molar refractivity (Wildman–Crippen MR) is 116 cm³/mol. The molecule has 6 heteroatoms. The average molecular weight is 395 g/mol. The Morgan fingerprint density at radius 1 is 0.933 bits per heavy atom. The molecule has 0 radical (unpaired) electrons. The molecule has 0 amide bonds. The zero-order valence-electron chi connectivity index (χ0n) is 16.9. The third-order valence-electron chi connectivity index (χ3n) is 5.03. The molecule has 0 atom stereocenters. The van der Waals surface area contributed by atoms with E-state index in [1.165, 1.54) is 5.56 Å². The summed E-state index contributed by atoms with van der Waals surface area (Å²) in [5.41, 5.74) is 7.25. The molecule has 1 aromatic carbocycles. The Labute approximate surface area is 174 Å². The molecule has 30 heavy (non-hydrogen) atoms. The molecule has 0 aliphatic rings. The van der Waals surface area contributed by atoms with E-state index < -0.39 is 0 Å². The molecule has 0 bridgehead atoms. The van der Waals surface area contributed by atoms with E-state index in [0.717, 1.165) is 33.6 Å². The molecule has 5 aromatic rings. The SMILES string of the molecule is Cc1ccn2cc(-c3ccc(COc4nn(C)cc4-c4ccncc4)cc3)nc2c1. The highest BCUT2D eigenvalue weighted by Crippen LogP contribution is 2.29. The Hall–Kier alpha value is -3.93. The van der Waals surface area contributed by atoms with Gasteiger partial charge in [-0.25, -0.2) is 4.98 Å². The number of imidazole rings is 1. The van der Waals surface area contributed by atoms with E-state index in [1.54, 1.807) is 17.1 Å². The summed E-state index contributed by atoms with van der Waals surface area (Å²) in [7, 11) is 1.89. The molecule has 0 aliphatic heterocycles. The number of hydrogen-bond acceptors (Lipinski definition) is 4. The second-order valence-electron chi connectivity index (χ2n) is 7.34. The van der Waals surface area contributed by atoms with Gasteiger partial charge in [0.1, 0.15) is 12.3 Å². The van der Waals surface area contributed by atoms with Crippen LogP contribution in [0.5, 0.6) is 5.88 Å². The summed E-state index contributed by atoms with van der Waals surface area (Å²) >= 11 is 0. The summed E-state index contributed by atoms with van der Waals surface area (Å²) in [4.78, 5) is 8.81. The number of aryl methyl sites for hydroxylation is 2. The molecule has 0 fully saturated rings. The molecule has 0 N–H and O–H groups in total. The second kappa shape index (κ2) is 7.48. The molecular weight excluding hydrogens is 374 g/mol. The number of benzene rings is 1. The number of fused-ring (bicyclic) bond motifs is 1. The zero-order valence-corrected chi connectivity index (χ0v) is 16.9. The fraction of sp³-hybridized carbons (Fsp3) is 0.125. The van der Waals surface area contributed by atoms with Crippen LogP contribution in [0.15, 0.2) is 79.5 Å². The maximum Gasteiger partial charge on any atom is 0.241 e. The van der Waals surface area contributed by atoms with Crippen LogP contribution in [-0.4, -0.2) is 24.1 Å². The molecule has 0 saturated carbocycles. The monoisotopic (exact) mass is 395 g/mol. The van der Waals surface area contributed by atoms with E-state index in [4.69, 9.17) is 9.72 Å². The first-order valence-electron chi connectivity index (χ1n) is 9.77. The van der Waals surface area contributed by atoms with Crippen LogP contribution in [0.2, 0.25) is 0 Å². The minimum absolute atomic E-state index is 0.444. The number of pyridine rings is 2. The Balaban J connectivity index is 1.33. The fourth-order valence-electron chi connectivity index (χ4n) is 3.45. The van der Waals surface area contributed by atoms with E-state index >= 15 is 0 Å². The molecule has 0 saturated heterocycles. The summed E-state index contributed by atoms with van der Waals surface area (Å²) in [5, 5.41) is 4.46. The molecule has 0 aliphatic carbocycles. The first kappa shape index (κ1) is 18.1. The van der Waals surface area contributed by atoms with Gasteiger partial charge in [0, 0.05) is 43.6 Å². The van der Waals surface area contributed by atoms with Crippen LogP contribution >= 0.6 is 0 Å². The molecule has 5 rings (SSSR count). The third kappa shape index (κ3) is 3.55. The Morgan fingerprint density at radius 3 is 2.53 bits per heavy atom. The highest BCUT2D eigenvalue weighted by molar-refractivity contribution is 5.67. The largest absolute Gasteiger partial charge is 0.471 e. The van der Waals surface area contributed by atoms with Crippen molar-refractivity contribution < 1.29 is 4.74 Å². The van der Waals surface area contributed by atoms with Crippen molar-refractivity contribution in [1.29, 1.82) is 0 Å². The van der Waals surface area contributed by atoms with Crippen LogP contribution in [0.1, 0.15) is 11.1 Å². The van der Waals surface area contributed by atoms with Crippen LogP contribution in [0.25, 0.3) is 28.0 Å². The highest BCUT2D eigenvalue weighted by atomic mass is 16.5. The first-order chi connectivity index (χ1) is 14.7. The van der Waals surface area contributed by atoms with Gasteiger partial charge in [0.2, 0.25) is 5.88 Å². The van der Waals surface area contributed by atoms with E-state index in [0.29, 0.717) is 12.5 Å². The third-order valence-corrected chi connectivity index (χ3v) is 5.03. The average Bonchev–Trinajstić information content (AvgIpc) is 3.36. The molecule has 4 heterocycles. The Kier molecular flexibility index (Phi) is 4.52. The topological polar surface area (TPSA) is 57.2 Å². The minimum Gasteiger partial charge on any atom is -0.471 e. The lowest BCUT2D eigenvalue weighted by Gasteiger charge is -2.06. The lowest BCUT2D eigenvalue weighted by Crippen LogP contribution is -1.98. The van der Waals surface area contributed by atoms with Gasteiger partial charge in [0.05, 0.1) is 11.3 Å². The summed E-state index contributed by atoms with van der Waals surface area (Å²) in [6, 6.07) is 16.4. The van der Waals surface area contributed by atoms with Crippen molar-refractivity contribution in [2.45, 2.75) is 13.5 Å². The lowest BCUT2D eigenvalue weighted by atomic mass is 10.1. The summed E-state index contributed by atoms with van der Waals surface area (Å²) in [6.07, 6.45) is 9.58. The van der Waals surface area contributed by atoms with Crippen molar-refractivity contribution in [2.24, 2.45) is 7.05 Å². The van der Waals surface area contributed by atoms with E-state index in [2.05, 4.69) is 59.6 Å². The van der Waals surface area contributed by atoms with Gasteiger partial charge in [-0.1, -0.05) is 24.3 Å². The Morgan fingerprint density at radius 2 is 1.73 bits per heavy atom. The van der Waals surface area contributed by atoms with Gasteiger partial charge in [-0.15, -0.1) is 5.10 Å². The smallest absolute Gasteiger partial charge is 0.241 e. The van der Waals surface area contributed by atoms with Crippen molar-refractivity contribution in [1.82, 2.24) is 24.1 Å². The minimum atomic E-state index is 0.444. The maximum absolute atomic E-state index is 6.03. The number of ether oxygens (including phenoxy) is 1. The lowest BCUT2D eigenvalue weighted by molar-refractivity contribution is 0.292. The van der Waals surface area contributed by atoms with E-state index in [-0.39, 0.29) is 0 Å². The van der Waals surface area contributed by atoms with Gasteiger partial charge >= 0.3 is 0 Å². The van der Waals surface area contributed by atoms with Gasteiger partial charge in [0.25, 0.3) is 0 Å².